The number of H-pyrrole nitrogens is 1. The SMILES string of the molecule is Cc1cc(F)c(-c2cc(NC3CCNC3)n[nH]2)cc1F. The molecule has 1 aliphatic heterocycles. The number of nitrogens with zero attached hydrogens (tertiary/aromatic N) is 1. The van der Waals surface area contributed by atoms with Crippen LogP contribution in [0.25, 0.3) is 11.3 Å². The van der Waals surface area contributed by atoms with Gasteiger partial charge < -0.3 is 10.6 Å². The highest BCUT2D eigenvalue weighted by molar-refractivity contribution is 5.64. The lowest BCUT2D eigenvalue weighted by Crippen LogP contribution is -2.22. The summed E-state index contributed by atoms with van der Waals surface area (Å²) < 4.78 is 27.4. The van der Waals surface area contributed by atoms with Crippen molar-refractivity contribution in [2.24, 2.45) is 0 Å². The number of rotatable bonds is 3. The van der Waals surface area contributed by atoms with Gasteiger partial charge in [-0.3, -0.25) is 5.10 Å². The first-order chi connectivity index (χ1) is 9.63. The summed E-state index contributed by atoms with van der Waals surface area (Å²) in [7, 11) is 0. The smallest absolute Gasteiger partial charge is 0.148 e. The Labute approximate surface area is 115 Å². The van der Waals surface area contributed by atoms with Crippen LogP contribution in [-0.4, -0.2) is 29.3 Å². The van der Waals surface area contributed by atoms with Crippen molar-refractivity contribution in [3.8, 4) is 11.3 Å². The van der Waals surface area contributed by atoms with Gasteiger partial charge in [-0.1, -0.05) is 0 Å². The van der Waals surface area contributed by atoms with Crippen LogP contribution in [0.1, 0.15) is 12.0 Å². The second kappa shape index (κ2) is 5.20. The fraction of sp³-hybridized carbons (Fsp3) is 0.357. The van der Waals surface area contributed by atoms with Crippen LogP contribution in [0.15, 0.2) is 18.2 Å². The summed E-state index contributed by atoms with van der Waals surface area (Å²) in [5, 5.41) is 13.3. The largest absolute Gasteiger partial charge is 0.365 e. The quantitative estimate of drug-likeness (QED) is 0.808. The van der Waals surface area contributed by atoms with Crippen LogP contribution in [-0.2, 0) is 0 Å². The number of benzene rings is 1. The van der Waals surface area contributed by atoms with Crippen molar-refractivity contribution >= 4 is 5.82 Å². The number of halogens is 2. The highest BCUT2D eigenvalue weighted by Crippen LogP contribution is 2.25. The fourth-order valence-electron chi connectivity index (χ4n) is 2.37. The molecule has 2 aromatic rings. The number of anilines is 1. The Balaban J connectivity index is 1.84. The second-order valence-corrected chi connectivity index (χ2v) is 5.08. The van der Waals surface area contributed by atoms with E-state index in [-0.39, 0.29) is 5.56 Å². The number of nitrogens with one attached hydrogen (secondary N) is 3. The van der Waals surface area contributed by atoms with Gasteiger partial charge in [0.1, 0.15) is 17.5 Å². The molecule has 1 aromatic carbocycles. The molecule has 6 heteroatoms. The van der Waals surface area contributed by atoms with Crippen LogP contribution < -0.4 is 10.6 Å². The number of aromatic amines is 1. The molecule has 0 radical (unpaired) electrons. The van der Waals surface area contributed by atoms with Crippen LogP contribution in [0, 0.1) is 18.6 Å². The highest BCUT2D eigenvalue weighted by atomic mass is 19.1. The summed E-state index contributed by atoms with van der Waals surface area (Å²) in [5.74, 6) is -0.235. The molecule has 1 unspecified atom stereocenters. The molecule has 1 aromatic heterocycles. The minimum atomic E-state index is -0.457. The molecule has 3 rings (SSSR count). The first-order valence-corrected chi connectivity index (χ1v) is 6.62. The third-order valence-corrected chi connectivity index (χ3v) is 3.53. The van der Waals surface area contributed by atoms with Crippen molar-refractivity contribution in [1.29, 1.82) is 0 Å². The van der Waals surface area contributed by atoms with E-state index in [0.29, 0.717) is 23.1 Å². The van der Waals surface area contributed by atoms with Crippen molar-refractivity contribution < 1.29 is 8.78 Å². The molecule has 0 amide bonds. The van der Waals surface area contributed by atoms with Gasteiger partial charge in [-0.15, -0.1) is 0 Å². The Hall–Kier alpha value is -1.95. The zero-order valence-corrected chi connectivity index (χ0v) is 11.1. The van der Waals surface area contributed by atoms with Crippen molar-refractivity contribution in [3.05, 3.63) is 35.4 Å². The van der Waals surface area contributed by atoms with Gasteiger partial charge in [-0.2, -0.15) is 5.10 Å². The Kier molecular flexibility index (Phi) is 3.40. The Morgan fingerprint density at radius 2 is 2.10 bits per heavy atom. The van der Waals surface area contributed by atoms with Gasteiger partial charge in [0.25, 0.3) is 0 Å². The van der Waals surface area contributed by atoms with Gasteiger partial charge in [0.2, 0.25) is 0 Å². The number of aromatic nitrogens is 2. The molecular formula is C14H16F2N4. The van der Waals surface area contributed by atoms with E-state index >= 15 is 0 Å². The molecular weight excluding hydrogens is 262 g/mol. The first kappa shape index (κ1) is 13.1. The zero-order valence-electron chi connectivity index (χ0n) is 11.1. The Morgan fingerprint density at radius 3 is 2.85 bits per heavy atom. The average Bonchev–Trinajstić information content (AvgIpc) is 3.06. The molecule has 20 heavy (non-hydrogen) atoms. The zero-order chi connectivity index (χ0) is 14.1. The summed E-state index contributed by atoms with van der Waals surface area (Å²) in [6.45, 7) is 3.40. The lowest BCUT2D eigenvalue weighted by molar-refractivity contribution is 0.594. The summed E-state index contributed by atoms with van der Waals surface area (Å²) in [6.07, 6.45) is 1.02. The fourth-order valence-corrected chi connectivity index (χ4v) is 2.37. The van der Waals surface area contributed by atoms with Gasteiger partial charge in [0.05, 0.1) is 5.69 Å². The van der Waals surface area contributed by atoms with Crippen LogP contribution in [0.2, 0.25) is 0 Å². The van der Waals surface area contributed by atoms with Gasteiger partial charge in [0, 0.05) is 24.2 Å². The van der Waals surface area contributed by atoms with E-state index in [4.69, 9.17) is 0 Å². The van der Waals surface area contributed by atoms with Gasteiger partial charge >= 0.3 is 0 Å². The molecule has 0 spiro atoms. The molecule has 1 fully saturated rings. The van der Waals surface area contributed by atoms with Crippen molar-refractivity contribution in [2.75, 3.05) is 18.4 Å². The van der Waals surface area contributed by atoms with E-state index in [1.807, 2.05) is 0 Å². The Morgan fingerprint density at radius 1 is 1.25 bits per heavy atom. The maximum Gasteiger partial charge on any atom is 0.148 e. The average molecular weight is 278 g/mol. The van der Waals surface area contributed by atoms with Gasteiger partial charge in [0.15, 0.2) is 0 Å². The summed E-state index contributed by atoms with van der Waals surface area (Å²) in [6, 6.07) is 4.41. The maximum absolute atomic E-state index is 13.9. The Bertz CT molecular complexity index is 618. The molecule has 0 aliphatic carbocycles. The van der Waals surface area contributed by atoms with Crippen LogP contribution in [0.3, 0.4) is 0 Å². The topological polar surface area (TPSA) is 52.7 Å². The van der Waals surface area contributed by atoms with E-state index in [0.717, 1.165) is 19.5 Å². The van der Waals surface area contributed by atoms with E-state index < -0.39 is 11.6 Å². The monoisotopic (exact) mass is 278 g/mol. The molecule has 0 bridgehead atoms. The second-order valence-electron chi connectivity index (χ2n) is 5.08. The molecule has 4 nitrogen and oxygen atoms in total. The standard InChI is InChI=1S/C14H16F2N4/c1-8-4-12(16)10(5-11(8)15)13-6-14(20-19-13)18-9-2-3-17-7-9/h4-6,9,17H,2-3,7H2,1H3,(H2,18,19,20). The van der Waals surface area contributed by atoms with E-state index in [1.165, 1.54) is 19.1 Å². The third kappa shape index (κ3) is 2.51. The molecule has 106 valence electrons. The van der Waals surface area contributed by atoms with Crippen LogP contribution in [0.4, 0.5) is 14.6 Å². The minimum absolute atomic E-state index is 0.193. The van der Waals surface area contributed by atoms with Gasteiger partial charge in [-0.05, 0) is 37.6 Å². The summed E-state index contributed by atoms with van der Waals surface area (Å²) >= 11 is 0. The lowest BCUT2D eigenvalue weighted by atomic mass is 10.1. The number of hydrogen-bond acceptors (Lipinski definition) is 3. The highest BCUT2D eigenvalue weighted by Gasteiger charge is 2.16. The van der Waals surface area contributed by atoms with Crippen molar-refractivity contribution in [3.63, 3.8) is 0 Å². The minimum Gasteiger partial charge on any atom is -0.365 e. The number of hydrogen-bond donors (Lipinski definition) is 3. The van der Waals surface area contributed by atoms with E-state index in [2.05, 4.69) is 20.8 Å². The lowest BCUT2D eigenvalue weighted by Gasteiger charge is -2.08. The summed E-state index contributed by atoms with van der Waals surface area (Å²) in [5.41, 5.74) is 0.953. The molecule has 2 heterocycles. The third-order valence-electron chi connectivity index (χ3n) is 3.53. The maximum atomic E-state index is 13.9. The molecule has 0 saturated carbocycles. The first-order valence-electron chi connectivity index (χ1n) is 6.62. The number of aryl methyl sites for hydroxylation is 1. The van der Waals surface area contributed by atoms with Gasteiger partial charge in [-0.25, -0.2) is 8.78 Å². The molecule has 1 aliphatic rings. The van der Waals surface area contributed by atoms with Crippen LogP contribution in [0.5, 0.6) is 0 Å². The molecule has 1 saturated heterocycles. The van der Waals surface area contributed by atoms with E-state index in [1.54, 1.807) is 6.07 Å². The summed E-state index contributed by atoms with van der Waals surface area (Å²) in [4.78, 5) is 0. The predicted molar refractivity (Wildman–Crippen MR) is 73.6 cm³/mol. The predicted octanol–water partition coefficient (Wildman–Crippen LogP) is 2.44. The molecule has 3 N–H and O–H groups in total. The van der Waals surface area contributed by atoms with Crippen molar-refractivity contribution in [1.82, 2.24) is 15.5 Å². The van der Waals surface area contributed by atoms with Crippen molar-refractivity contribution in [2.45, 2.75) is 19.4 Å². The van der Waals surface area contributed by atoms with E-state index in [9.17, 15) is 8.78 Å². The normalized spacial score (nSPS) is 18.4. The van der Waals surface area contributed by atoms with Crippen LogP contribution >= 0.6 is 0 Å². The molecule has 1 atom stereocenters.